The van der Waals surface area contributed by atoms with Crippen molar-refractivity contribution in [2.75, 3.05) is 33.4 Å². The summed E-state index contributed by atoms with van der Waals surface area (Å²) >= 11 is 0. The van der Waals surface area contributed by atoms with E-state index in [1.807, 2.05) is 0 Å². The molecule has 1 unspecified atom stereocenters. The molecule has 1 saturated heterocycles. The minimum Gasteiger partial charge on any atom is -0.396 e. The van der Waals surface area contributed by atoms with Gasteiger partial charge in [-0.3, -0.25) is 0 Å². The van der Waals surface area contributed by atoms with Crippen molar-refractivity contribution in [3.8, 4) is 0 Å². The summed E-state index contributed by atoms with van der Waals surface area (Å²) in [5.41, 5.74) is 0.153. The lowest BCUT2D eigenvalue weighted by Crippen LogP contribution is -2.42. The highest BCUT2D eigenvalue weighted by Gasteiger charge is 2.32. The van der Waals surface area contributed by atoms with Crippen LogP contribution in [-0.2, 0) is 4.74 Å². The Kier molecular flexibility index (Phi) is 6.11. The van der Waals surface area contributed by atoms with Crippen molar-refractivity contribution in [2.24, 2.45) is 5.41 Å². The van der Waals surface area contributed by atoms with Crippen LogP contribution in [0.4, 0.5) is 0 Å². The Balaban J connectivity index is 1.82. The van der Waals surface area contributed by atoms with Gasteiger partial charge in [-0.15, -0.1) is 0 Å². The van der Waals surface area contributed by atoms with E-state index < -0.39 is 0 Å². The van der Waals surface area contributed by atoms with Crippen LogP contribution in [0.25, 0.3) is 0 Å². The lowest BCUT2D eigenvalue weighted by Gasteiger charge is -2.36. The van der Waals surface area contributed by atoms with Crippen molar-refractivity contribution in [3.05, 3.63) is 0 Å². The molecule has 0 aromatic carbocycles. The van der Waals surface area contributed by atoms with Crippen LogP contribution in [-0.4, -0.2) is 49.5 Å². The van der Waals surface area contributed by atoms with Crippen LogP contribution in [0.3, 0.4) is 0 Å². The van der Waals surface area contributed by atoms with Crippen LogP contribution in [0, 0.1) is 5.41 Å². The average Bonchev–Trinajstić information content (AvgIpc) is 2.66. The first-order valence-electron chi connectivity index (χ1n) is 8.15. The van der Waals surface area contributed by atoms with E-state index in [-0.39, 0.29) is 5.41 Å². The largest absolute Gasteiger partial charge is 0.396 e. The fourth-order valence-corrected chi connectivity index (χ4v) is 3.78. The quantitative estimate of drug-likeness (QED) is 0.779. The van der Waals surface area contributed by atoms with Crippen molar-refractivity contribution < 1.29 is 9.84 Å². The smallest absolute Gasteiger partial charge is 0.0701 e. The van der Waals surface area contributed by atoms with Crippen LogP contribution in [0.2, 0.25) is 0 Å². The third-order valence-corrected chi connectivity index (χ3v) is 4.89. The first-order valence-corrected chi connectivity index (χ1v) is 8.15. The van der Waals surface area contributed by atoms with Crippen molar-refractivity contribution in [3.63, 3.8) is 0 Å². The van der Waals surface area contributed by atoms with Gasteiger partial charge in [-0.1, -0.05) is 25.7 Å². The molecular formula is C16H31NO2. The van der Waals surface area contributed by atoms with Crippen molar-refractivity contribution in [1.29, 1.82) is 0 Å². The van der Waals surface area contributed by atoms with Gasteiger partial charge in [-0.2, -0.15) is 0 Å². The molecule has 0 amide bonds. The summed E-state index contributed by atoms with van der Waals surface area (Å²) in [6.07, 6.45) is 11.8. The van der Waals surface area contributed by atoms with Crippen molar-refractivity contribution in [2.45, 2.75) is 63.9 Å². The number of ether oxygens (including phenoxy) is 1. The second kappa shape index (κ2) is 7.61. The molecule has 2 fully saturated rings. The van der Waals surface area contributed by atoms with Gasteiger partial charge in [0.25, 0.3) is 0 Å². The van der Waals surface area contributed by atoms with Gasteiger partial charge in [-0.05, 0) is 39.2 Å². The van der Waals surface area contributed by atoms with Gasteiger partial charge in [0.15, 0.2) is 0 Å². The molecule has 0 spiro atoms. The molecule has 0 bridgehead atoms. The van der Waals surface area contributed by atoms with Gasteiger partial charge < -0.3 is 14.7 Å². The predicted molar refractivity (Wildman–Crippen MR) is 78.3 cm³/mol. The number of nitrogens with zero attached hydrogens (tertiary/aromatic N) is 1. The van der Waals surface area contributed by atoms with E-state index in [4.69, 9.17) is 4.74 Å². The van der Waals surface area contributed by atoms with Gasteiger partial charge in [-0.25, -0.2) is 0 Å². The van der Waals surface area contributed by atoms with E-state index in [2.05, 4.69) is 11.9 Å². The molecule has 1 aliphatic heterocycles. The SMILES string of the molecule is CN(CC1CCCCO1)CC1(CO)CCCCCC1. The maximum atomic E-state index is 9.86. The standard InChI is InChI=1S/C16H31NO2/c1-17(12-15-8-4-7-11-19-15)13-16(14-18)9-5-2-3-6-10-16/h15,18H,2-14H2,1H3. The molecule has 1 heterocycles. The molecular weight excluding hydrogens is 238 g/mol. The van der Waals surface area contributed by atoms with E-state index in [9.17, 15) is 5.11 Å². The minimum atomic E-state index is 0.153. The van der Waals surface area contributed by atoms with Crippen LogP contribution >= 0.6 is 0 Å². The number of hydrogen-bond acceptors (Lipinski definition) is 3. The zero-order valence-electron chi connectivity index (χ0n) is 12.6. The maximum Gasteiger partial charge on any atom is 0.0701 e. The summed E-state index contributed by atoms with van der Waals surface area (Å²) < 4.78 is 5.82. The highest BCUT2D eigenvalue weighted by atomic mass is 16.5. The Morgan fingerprint density at radius 1 is 1.11 bits per heavy atom. The predicted octanol–water partition coefficient (Wildman–Crippen LogP) is 2.82. The molecule has 0 radical (unpaired) electrons. The first kappa shape index (κ1) is 15.3. The summed E-state index contributed by atoms with van der Waals surface area (Å²) in [6, 6.07) is 0. The number of aliphatic hydroxyl groups excluding tert-OH is 1. The highest BCUT2D eigenvalue weighted by Crippen LogP contribution is 2.35. The number of rotatable bonds is 5. The Labute approximate surface area is 118 Å². The third kappa shape index (κ3) is 4.73. The van der Waals surface area contributed by atoms with Crippen LogP contribution in [0.5, 0.6) is 0 Å². The molecule has 1 atom stereocenters. The normalized spacial score (nSPS) is 28.3. The van der Waals surface area contributed by atoms with E-state index in [1.54, 1.807) is 0 Å². The summed E-state index contributed by atoms with van der Waals surface area (Å²) in [5, 5.41) is 9.86. The molecule has 2 rings (SSSR count). The summed E-state index contributed by atoms with van der Waals surface area (Å²) in [6.45, 7) is 3.34. The average molecular weight is 269 g/mol. The van der Waals surface area contributed by atoms with Crippen LogP contribution in [0.1, 0.15) is 57.8 Å². The van der Waals surface area contributed by atoms with Gasteiger partial charge >= 0.3 is 0 Å². The Hall–Kier alpha value is -0.120. The lowest BCUT2D eigenvalue weighted by molar-refractivity contribution is -0.0145. The fraction of sp³-hybridized carbons (Fsp3) is 1.00. The highest BCUT2D eigenvalue weighted by molar-refractivity contribution is 4.84. The molecule has 0 aromatic rings. The minimum absolute atomic E-state index is 0.153. The Bertz CT molecular complexity index is 243. The van der Waals surface area contributed by atoms with Gasteiger partial charge in [0, 0.05) is 31.7 Å². The van der Waals surface area contributed by atoms with E-state index in [0.29, 0.717) is 12.7 Å². The lowest BCUT2D eigenvalue weighted by atomic mass is 9.80. The van der Waals surface area contributed by atoms with Gasteiger partial charge in [0.1, 0.15) is 0 Å². The Morgan fingerprint density at radius 2 is 1.84 bits per heavy atom. The third-order valence-electron chi connectivity index (χ3n) is 4.89. The fourth-order valence-electron chi connectivity index (χ4n) is 3.78. The topological polar surface area (TPSA) is 32.7 Å². The zero-order chi connectivity index (χ0) is 13.6. The number of hydrogen-bond donors (Lipinski definition) is 1. The first-order chi connectivity index (χ1) is 9.24. The second-order valence-electron chi connectivity index (χ2n) is 6.76. The van der Waals surface area contributed by atoms with Gasteiger partial charge in [0.2, 0.25) is 0 Å². The van der Waals surface area contributed by atoms with E-state index in [1.165, 1.54) is 57.8 Å². The number of aliphatic hydroxyl groups is 1. The van der Waals surface area contributed by atoms with Crippen molar-refractivity contribution in [1.82, 2.24) is 4.90 Å². The second-order valence-corrected chi connectivity index (χ2v) is 6.76. The summed E-state index contributed by atoms with van der Waals surface area (Å²) in [5.74, 6) is 0. The van der Waals surface area contributed by atoms with E-state index >= 15 is 0 Å². The van der Waals surface area contributed by atoms with Crippen LogP contribution < -0.4 is 0 Å². The molecule has 1 saturated carbocycles. The molecule has 0 aromatic heterocycles. The summed E-state index contributed by atoms with van der Waals surface area (Å²) in [4.78, 5) is 2.40. The van der Waals surface area contributed by atoms with Crippen molar-refractivity contribution >= 4 is 0 Å². The Morgan fingerprint density at radius 3 is 2.42 bits per heavy atom. The molecule has 1 N–H and O–H groups in total. The number of likely N-dealkylation sites (N-methyl/N-ethyl adjacent to an activating group) is 1. The van der Waals surface area contributed by atoms with E-state index in [0.717, 1.165) is 19.7 Å². The molecule has 19 heavy (non-hydrogen) atoms. The monoisotopic (exact) mass is 269 g/mol. The maximum absolute atomic E-state index is 9.86. The molecule has 3 heteroatoms. The van der Waals surface area contributed by atoms with Gasteiger partial charge in [0.05, 0.1) is 6.10 Å². The summed E-state index contributed by atoms with van der Waals surface area (Å²) in [7, 11) is 2.19. The molecule has 3 nitrogen and oxygen atoms in total. The molecule has 112 valence electrons. The molecule has 2 aliphatic rings. The van der Waals surface area contributed by atoms with Crippen LogP contribution in [0.15, 0.2) is 0 Å². The molecule has 1 aliphatic carbocycles. The zero-order valence-corrected chi connectivity index (χ0v) is 12.6.